The van der Waals surface area contributed by atoms with Crippen LogP contribution < -0.4 is 9.47 Å². The fourth-order valence-electron chi connectivity index (χ4n) is 4.26. The van der Waals surface area contributed by atoms with Gasteiger partial charge in [-0.3, -0.25) is 19.9 Å². The van der Waals surface area contributed by atoms with Crippen molar-refractivity contribution < 1.29 is 29.9 Å². The summed E-state index contributed by atoms with van der Waals surface area (Å²) in [6.07, 6.45) is 8.32. The predicted molar refractivity (Wildman–Crippen MR) is 143 cm³/mol. The van der Waals surface area contributed by atoms with Gasteiger partial charge < -0.3 is 33.4 Å². The average Bonchev–Trinajstić information content (AvgIpc) is 3.65. The second kappa shape index (κ2) is 10.9. The standard InChI is InChI=1S/C27H18N12O2.Pd/c1-27(2,18-6-15(40-4)8-20(36-18)38-13-34-22-17(10-28)30-11-32-25(22)38)19-7-16(41-5)9-21(37-19)39-14-35-23-24(29-3)31-12-33-26(23)39;/h6-9,11-12H,1-2,4-5H3;/q-2;+2. The second-order valence-electron chi connectivity index (χ2n) is 9.21. The molecule has 0 bridgehead atoms. The van der Waals surface area contributed by atoms with Gasteiger partial charge in [0.15, 0.2) is 6.33 Å². The number of imidazole rings is 2. The smallest absolute Gasteiger partial charge is 0.497 e. The normalized spacial score (nSPS) is 11.1. The molecule has 0 aliphatic rings. The predicted octanol–water partition coefficient (Wildman–Crippen LogP) is 3.10. The van der Waals surface area contributed by atoms with Crippen LogP contribution in [0.1, 0.15) is 30.9 Å². The molecule has 14 nitrogen and oxygen atoms in total. The van der Waals surface area contributed by atoms with Crippen LogP contribution in [-0.2, 0) is 25.8 Å². The molecular weight excluding hydrogens is 631 g/mol. The third kappa shape index (κ3) is 4.57. The summed E-state index contributed by atoms with van der Waals surface area (Å²) in [6, 6.07) is 9.08. The summed E-state index contributed by atoms with van der Waals surface area (Å²) < 4.78 is 14.3. The van der Waals surface area contributed by atoms with E-state index in [0.29, 0.717) is 56.9 Å². The Labute approximate surface area is 252 Å². The van der Waals surface area contributed by atoms with Crippen molar-refractivity contribution in [2.75, 3.05) is 14.2 Å². The zero-order valence-corrected chi connectivity index (χ0v) is 24.0. The Morgan fingerprint density at radius 2 is 1.36 bits per heavy atom. The number of methoxy groups -OCH3 is 2. The summed E-state index contributed by atoms with van der Waals surface area (Å²) in [6.45, 7) is 11.3. The maximum atomic E-state index is 9.41. The van der Waals surface area contributed by atoms with Crippen LogP contribution in [0.4, 0.5) is 5.82 Å². The Hall–Kier alpha value is -5.36. The first-order chi connectivity index (χ1) is 19.9. The van der Waals surface area contributed by atoms with Crippen molar-refractivity contribution in [2.24, 2.45) is 0 Å². The van der Waals surface area contributed by atoms with Crippen molar-refractivity contribution in [2.45, 2.75) is 19.3 Å². The largest absolute Gasteiger partial charge is 2.00 e. The van der Waals surface area contributed by atoms with E-state index in [2.05, 4.69) is 47.4 Å². The number of fused-ring (bicyclic) bond motifs is 2. The fourth-order valence-corrected chi connectivity index (χ4v) is 4.26. The van der Waals surface area contributed by atoms with Crippen LogP contribution in [0.15, 0.2) is 36.9 Å². The molecule has 0 saturated carbocycles. The Bertz CT molecular complexity index is 1910. The number of nitriles is 1. The number of nitrogens with zero attached hydrogens (tertiary/aromatic N) is 12. The molecule has 0 aromatic carbocycles. The van der Waals surface area contributed by atoms with E-state index in [-0.39, 0.29) is 31.9 Å². The summed E-state index contributed by atoms with van der Waals surface area (Å²) in [5.74, 6) is 2.05. The van der Waals surface area contributed by atoms with Gasteiger partial charge >= 0.3 is 20.4 Å². The van der Waals surface area contributed by atoms with Gasteiger partial charge in [-0.25, -0.2) is 4.98 Å². The van der Waals surface area contributed by atoms with E-state index < -0.39 is 5.41 Å². The summed E-state index contributed by atoms with van der Waals surface area (Å²) in [4.78, 5) is 38.2. The molecule has 0 atom stereocenters. The second-order valence-corrected chi connectivity index (χ2v) is 9.21. The minimum Gasteiger partial charge on any atom is -0.497 e. The monoisotopic (exact) mass is 648 g/mol. The van der Waals surface area contributed by atoms with Crippen LogP contribution in [0.25, 0.3) is 38.8 Å². The first-order valence-corrected chi connectivity index (χ1v) is 12.0. The molecule has 0 unspecified atom stereocenters. The summed E-state index contributed by atoms with van der Waals surface area (Å²) in [7, 11) is 3.12. The quantitative estimate of drug-likeness (QED) is 0.193. The van der Waals surface area contributed by atoms with E-state index >= 15 is 0 Å². The van der Waals surface area contributed by atoms with Gasteiger partial charge in [0.1, 0.15) is 29.6 Å². The van der Waals surface area contributed by atoms with Crippen LogP contribution in [0.5, 0.6) is 11.5 Å². The number of aromatic nitrogens is 10. The molecule has 0 amide bonds. The van der Waals surface area contributed by atoms with Gasteiger partial charge in [-0.05, 0) is 26.0 Å². The van der Waals surface area contributed by atoms with Crippen molar-refractivity contribution in [1.82, 2.24) is 49.0 Å². The summed E-state index contributed by atoms with van der Waals surface area (Å²) >= 11 is 0. The SMILES string of the molecule is [C-]#[N+]c1ncnc2c1n[c-]n2-c1cc(OC)cc(C(C)(C)c2cc(OC)cc(-n3[c-]nc4c(C#N)ncnc43)n2)n1.[Pd+2]. The molecule has 6 aromatic heterocycles. The average molecular weight is 649 g/mol. The molecular formula is C27H18N12O2Pd. The van der Waals surface area contributed by atoms with Crippen molar-refractivity contribution in [3.05, 3.63) is 78.1 Å². The minimum absolute atomic E-state index is 0. The van der Waals surface area contributed by atoms with Gasteiger partial charge in [0.25, 0.3) is 0 Å². The Balaban J connectivity index is 0.00000353. The molecule has 0 radical (unpaired) electrons. The van der Waals surface area contributed by atoms with Gasteiger partial charge in [-0.2, -0.15) is 5.26 Å². The number of rotatable bonds is 6. The van der Waals surface area contributed by atoms with Gasteiger partial charge in [0.2, 0.25) is 5.82 Å². The van der Waals surface area contributed by atoms with Gasteiger partial charge in [0, 0.05) is 63.9 Å². The van der Waals surface area contributed by atoms with Crippen molar-refractivity contribution in [3.63, 3.8) is 0 Å². The van der Waals surface area contributed by atoms with E-state index in [1.165, 1.54) is 12.7 Å². The number of hydrogen-bond donors (Lipinski definition) is 0. The third-order valence-electron chi connectivity index (χ3n) is 6.53. The van der Waals surface area contributed by atoms with E-state index in [0.717, 1.165) is 0 Å². The zero-order valence-electron chi connectivity index (χ0n) is 22.5. The van der Waals surface area contributed by atoms with E-state index in [4.69, 9.17) is 26.0 Å². The molecule has 15 heteroatoms. The minimum atomic E-state index is -0.789. The molecule has 6 heterocycles. The van der Waals surface area contributed by atoms with Crippen molar-refractivity contribution in [1.29, 1.82) is 5.26 Å². The Kier molecular flexibility index (Phi) is 7.31. The molecule has 0 aliphatic heterocycles. The molecule has 0 saturated heterocycles. The first kappa shape index (κ1) is 28.2. The molecule has 42 heavy (non-hydrogen) atoms. The number of ether oxygens (including phenoxy) is 2. The molecule has 0 aliphatic carbocycles. The van der Waals surface area contributed by atoms with Gasteiger partial charge in [0.05, 0.1) is 25.9 Å². The van der Waals surface area contributed by atoms with Crippen LogP contribution in [0.2, 0.25) is 0 Å². The van der Waals surface area contributed by atoms with Crippen LogP contribution in [0.3, 0.4) is 0 Å². The molecule has 6 aromatic rings. The van der Waals surface area contributed by atoms with Gasteiger partial charge in [-0.1, -0.05) is 6.57 Å². The maximum Gasteiger partial charge on any atom is 2.00 e. The van der Waals surface area contributed by atoms with Crippen molar-refractivity contribution in [3.8, 4) is 29.2 Å². The van der Waals surface area contributed by atoms with Crippen LogP contribution in [-0.4, -0.2) is 63.2 Å². The van der Waals surface area contributed by atoms with E-state index in [9.17, 15) is 5.26 Å². The van der Waals surface area contributed by atoms with Gasteiger partial charge in [-0.15, -0.1) is 4.98 Å². The summed E-state index contributed by atoms with van der Waals surface area (Å²) in [5.41, 5.74) is 1.97. The first-order valence-electron chi connectivity index (χ1n) is 12.0. The van der Waals surface area contributed by atoms with E-state index in [1.807, 2.05) is 32.0 Å². The Morgan fingerprint density at radius 1 is 0.833 bits per heavy atom. The molecule has 6 rings (SSSR count). The molecule has 0 fully saturated rings. The van der Waals surface area contributed by atoms with Crippen LogP contribution in [0, 0.1) is 30.6 Å². The number of hydrogen-bond acceptors (Lipinski definition) is 11. The Morgan fingerprint density at radius 3 is 1.88 bits per heavy atom. The zero-order chi connectivity index (χ0) is 28.7. The molecule has 208 valence electrons. The number of pyridine rings is 2. The fraction of sp³-hybridized carbons (Fsp3) is 0.185. The topological polar surface area (TPSA) is 160 Å². The molecule has 0 N–H and O–H groups in total. The maximum absolute atomic E-state index is 9.41. The summed E-state index contributed by atoms with van der Waals surface area (Å²) in [5, 5.41) is 9.41. The molecule has 0 spiro atoms. The van der Waals surface area contributed by atoms with Crippen LogP contribution >= 0.6 is 0 Å². The van der Waals surface area contributed by atoms with Crippen molar-refractivity contribution >= 4 is 28.1 Å². The van der Waals surface area contributed by atoms with E-state index in [1.54, 1.807) is 35.5 Å². The third-order valence-corrected chi connectivity index (χ3v) is 6.53.